The van der Waals surface area contributed by atoms with Gasteiger partial charge in [0.05, 0.1) is 17.3 Å². The van der Waals surface area contributed by atoms with Crippen LogP contribution in [0.1, 0.15) is 27.4 Å². The first kappa shape index (κ1) is 12.8. The number of aryl methyl sites for hydroxylation is 1. The first-order valence-electron chi connectivity index (χ1n) is 5.89. The molecule has 0 spiro atoms. The van der Waals surface area contributed by atoms with Gasteiger partial charge in [0.25, 0.3) is 5.91 Å². The Morgan fingerprint density at radius 2 is 2.32 bits per heavy atom. The largest absolute Gasteiger partial charge is 0.361 e. The van der Waals surface area contributed by atoms with Crippen LogP contribution in [-0.2, 0) is 6.42 Å². The molecule has 0 saturated carbocycles. The Kier molecular flexibility index (Phi) is 3.94. The van der Waals surface area contributed by atoms with E-state index in [-0.39, 0.29) is 5.91 Å². The molecular weight excluding hydrogens is 242 g/mol. The van der Waals surface area contributed by atoms with Crippen molar-refractivity contribution in [2.45, 2.75) is 13.3 Å². The molecule has 2 aromatic rings. The van der Waals surface area contributed by atoms with E-state index in [1.54, 1.807) is 24.3 Å². The average Bonchev–Trinajstić information content (AvgIpc) is 2.84. The number of hydrogen-bond acceptors (Lipinski definition) is 4. The Morgan fingerprint density at radius 3 is 3.00 bits per heavy atom. The van der Waals surface area contributed by atoms with Crippen molar-refractivity contribution in [2.24, 2.45) is 0 Å². The van der Waals surface area contributed by atoms with E-state index in [2.05, 4.69) is 10.5 Å². The fourth-order valence-corrected chi connectivity index (χ4v) is 1.67. The highest BCUT2D eigenvalue weighted by atomic mass is 16.5. The number of hydrogen-bond donors (Lipinski definition) is 1. The van der Waals surface area contributed by atoms with E-state index in [4.69, 9.17) is 9.78 Å². The lowest BCUT2D eigenvalue weighted by atomic mass is 10.1. The zero-order chi connectivity index (χ0) is 13.7. The number of carbonyl (C=O) groups excluding carboxylic acids is 1. The van der Waals surface area contributed by atoms with Gasteiger partial charge >= 0.3 is 0 Å². The minimum atomic E-state index is -0.201. The lowest BCUT2D eigenvalue weighted by Crippen LogP contribution is -2.25. The summed E-state index contributed by atoms with van der Waals surface area (Å²) in [4.78, 5) is 11.8. The molecule has 1 heterocycles. The SMILES string of the molecule is Cc1cc(CCNC(=O)c2cccc(C#N)c2)on1. The van der Waals surface area contributed by atoms with Crippen molar-refractivity contribution in [3.8, 4) is 6.07 Å². The van der Waals surface area contributed by atoms with Crippen LogP contribution in [-0.4, -0.2) is 17.6 Å². The highest BCUT2D eigenvalue weighted by Crippen LogP contribution is 2.05. The molecule has 0 aliphatic rings. The molecule has 0 saturated heterocycles. The molecule has 1 aromatic heterocycles. The van der Waals surface area contributed by atoms with Crippen LogP contribution in [0.4, 0.5) is 0 Å². The third kappa shape index (κ3) is 3.42. The molecule has 5 heteroatoms. The second-order valence-electron chi connectivity index (χ2n) is 4.13. The predicted molar refractivity (Wildman–Crippen MR) is 68.4 cm³/mol. The maximum absolute atomic E-state index is 11.8. The van der Waals surface area contributed by atoms with E-state index < -0.39 is 0 Å². The Hall–Kier alpha value is -2.61. The van der Waals surface area contributed by atoms with Crippen molar-refractivity contribution in [3.05, 3.63) is 52.9 Å². The number of rotatable bonds is 4. The topological polar surface area (TPSA) is 78.9 Å². The highest BCUT2D eigenvalue weighted by Gasteiger charge is 2.06. The summed E-state index contributed by atoms with van der Waals surface area (Å²) in [5.41, 5.74) is 1.77. The van der Waals surface area contributed by atoms with Gasteiger partial charge in [-0.1, -0.05) is 11.2 Å². The summed E-state index contributed by atoms with van der Waals surface area (Å²) in [5.74, 6) is 0.539. The molecule has 96 valence electrons. The van der Waals surface area contributed by atoms with Crippen LogP contribution in [0.15, 0.2) is 34.9 Å². The standard InChI is InChI=1S/C14H13N3O2/c1-10-7-13(19-17-10)5-6-16-14(18)12-4-2-3-11(8-12)9-15/h2-4,7-8H,5-6H2,1H3,(H,16,18). The van der Waals surface area contributed by atoms with Gasteiger partial charge in [0.2, 0.25) is 0 Å². The van der Waals surface area contributed by atoms with Crippen LogP contribution in [0, 0.1) is 18.3 Å². The summed E-state index contributed by atoms with van der Waals surface area (Å²) in [6.45, 7) is 2.31. The summed E-state index contributed by atoms with van der Waals surface area (Å²) >= 11 is 0. The highest BCUT2D eigenvalue weighted by molar-refractivity contribution is 5.94. The van der Waals surface area contributed by atoms with Gasteiger partial charge < -0.3 is 9.84 Å². The number of nitrogens with one attached hydrogen (secondary N) is 1. The van der Waals surface area contributed by atoms with Gasteiger partial charge in [-0.05, 0) is 25.1 Å². The van der Waals surface area contributed by atoms with E-state index in [1.165, 1.54) is 0 Å². The first-order valence-corrected chi connectivity index (χ1v) is 5.89. The van der Waals surface area contributed by atoms with Gasteiger partial charge in [-0.3, -0.25) is 4.79 Å². The molecule has 19 heavy (non-hydrogen) atoms. The van der Waals surface area contributed by atoms with Crippen LogP contribution >= 0.6 is 0 Å². The van der Waals surface area contributed by atoms with Crippen LogP contribution in [0.25, 0.3) is 0 Å². The Labute approximate surface area is 110 Å². The van der Waals surface area contributed by atoms with Gasteiger partial charge in [-0.2, -0.15) is 5.26 Å². The minimum absolute atomic E-state index is 0.201. The lowest BCUT2D eigenvalue weighted by Gasteiger charge is -2.03. The summed E-state index contributed by atoms with van der Waals surface area (Å²) in [6.07, 6.45) is 0.588. The van der Waals surface area contributed by atoms with Gasteiger partial charge in [-0.25, -0.2) is 0 Å². The molecule has 0 aliphatic carbocycles. The Bertz CT molecular complexity index is 626. The molecule has 1 aromatic carbocycles. The third-order valence-electron chi connectivity index (χ3n) is 2.59. The number of nitriles is 1. The van der Waals surface area contributed by atoms with Crippen LogP contribution in [0.5, 0.6) is 0 Å². The van der Waals surface area contributed by atoms with E-state index in [9.17, 15) is 4.79 Å². The number of carbonyl (C=O) groups is 1. The molecule has 0 bridgehead atoms. The molecule has 2 rings (SSSR count). The summed E-state index contributed by atoms with van der Waals surface area (Å²) in [6, 6.07) is 10.4. The van der Waals surface area contributed by atoms with E-state index in [0.717, 1.165) is 11.5 Å². The zero-order valence-electron chi connectivity index (χ0n) is 10.5. The minimum Gasteiger partial charge on any atom is -0.361 e. The summed E-state index contributed by atoms with van der Waals surface area (Å²) in [5, 5.41) is 15.3. The predicted octanol–water partition coefficient (Wildman–Crippen LogP) is 1.83. The molecule has 5 nitrogen and oxygen atoms in total. The third-order valence-corrected chi connectivity index (χ3v) is 2.59. The summed E-state index contributed by atoms with van der Waals surface area (Å²) < 4.78 is 5.04. The first-order chi connectivity index (χ1) is 9.19. The van der Waals surface area contributed by atoms with Gasteiger partial charge in [0, 0.05) is 24.6 Å². The van der Waals surface area contributed by atoms with Crippen molar-refractivity contribution < 1.29 is 9.32 Å². The number of aromatic nitrogens is 1. The normalized spacial score (nSPS) is 9.89. The molecule has 0 unspecified atom stereocenters. The van der Waals surface area contributed by atoms with Crippen molar-refractivity contribution in [1.82, 2.24) is 10.5 Å². The monoisotopic (exact) mass is 255 g/mol. The van der Waals surface area contributed by atoms with Gasteiger partial charge in [0.1, 0.15) is 5.76 Å². The molecular formula is C14H13N3O2. The maximum Gasteiger partial charge on any atom is 0.251 e. The number of benzene rings is 1. The number of amides is 1. The fourth-order valence-electron chi connectivity index (χ4n) is 1.67. The van der Waals surface area contributed by atoms with Gasteiger partial charge in [-0.15, -0.1) is 0 Å². The van der Waals surface area contributed by atoms with Gasteiger partial charge in [0.15, 0.2) is 0 Å². The fraction of sp³-hybridized carbons (Fsp3) is 0.214. The van der Waals surface area contributed by atoms with Crippen LogP contribution in [0.3, 0.4) is 0 Å². The quantitative estimate of drug-likeness (QED) is 0.903. The average molecular weight is 255 g/mol. The summed E-state index contributed by atoms with van der Waals surface area (Å²) in [7, 11) is 0. The van der Waals surface area contributed by atoms with E-state index in [1.807, 2.05) is 19.1 Å². The Morgan fingerprint density at radius 1 is 1.47 bits per heavy atom. The lowest BCUT2D eigenvalue weighted by molar-refractivity contribution is 0.0953. The van der Waals surface area contributed by atoms with Crippen molar-refractivity contribution >= 4 is 5.91 Å². The second-order valence-corrected chi connectivity index (χ2v) is 4.13. The van der Waals surface area contributed by atoms with E-state index in [0.29, 0.717) is 24.1 Å². The molecule has 0 aliphatic heterocycles. The maximum atomic E-state index is 11.8. The second kappa shape index (κ2) is 5.83. The molecule has 0 radical (unpaired) electrons. The molecule has 1 N–H and O–H groups in total. The van der Waals surface area contributed by atoms with E-state index >= 15 is 0 Å². The Balaban J connectivity index is 1.89. The smallest absolute Gasteiger partial charge is 0.251 e. The van der Waals surface area contributed by atoms with Crippen LogP contribution < -0.4 is 5.32 Å². The van der Waals surface area contributed by atoms with Crippen molar-refractivity contribution in [1.29, 1.82) is 5.26 Å². The van der Waals surface area contributed by atoms with Crippen molar-refractivity contribution in [2.75, 3.05) is 6.54 Å². The zero-order valence-corrected chi connectivity index (χ0v) is 10.5. The van der Waals surface area contributed by atoms with Crippen LogP contribution in [0.2, 0.25) is 0 Å². The van der Waals surface area contributed by atoms with Crippen molar-refractivity contribution in [3.63, 3.8) is 0 Å². The molecule has 0 atom stereocenters. The number of nitrogens with zero attached hydrogens (tertiary/aromatic N) is 2. The molecule has 0 fully saturated rings. The molecule has 1 amide bonds.